The molecule has 0 radical (unpaired) electrons. The van der Waals surface area contributed by atoms with Crippen LogP contribution in [0.4, 0.5) is 0 Å². The summed E-state index contributed by atoms with van der Waals surface area (Å²) in [5.41, 5.74) is 6.00. The molecule has 0 aromatic carbocycles. The molecule has 19 heavy (non-hydrogen) atoms. The highest BCUT2D eigenvalue weighted by Gasteiger charge is 2.30. The van der Waals surface area contributed by atoms with E-state index in [-0.39, 0.29) is 5.91 Å². The topological polar surface area (TPSA) is 67.4 Å². The van der Waals surface area contributed by atoms with E-state index < -0.39 is 0 Å². The second-order valence-electron chi connectivity index (χ2n) is 5.36. The third-order valence-electron chi connectivity index (χ3n) is 3.89. The van der Waals surface area contributed by atoms with Crippen molar-refractivity contribution >= 4 is 5.91 Å². The van der Waals surface area contributed by atoms with E-state index in [1.165, 1.54) is 0 Å². The van der Waals surface area contributed by atoms with Crippen LogP contribution in [0.3, 0.4) is 0 Å². The second kappa shape index (κ2) is 5.71. The molecule has 1 aliphatic rings. The van der Waals surface area contributed by atoms with Crippen molar-refractivity contribution in [2.75, 3.05) is 26.7 Å². The van der Waals surface area contributed by atoms with Gasteiger partial charge in [-0.25, -0.2) is 4.98 Å². The van der Waals surface area contributed by atoms with Crippen LogP contribution in [0.25, 0.3) is 0 Å². The average Bonchev–Trinajstić information content (AvgIpc) is 2.83. The largest absolute Gasteiger partial charge is 0.335 e. The Labute approximate surface area is 114 Å². The van der Waals surface area contributed by atoms with Crippen LogP contribution < -0.4 is 5.73 Å². The number of amides is 1. The zero-order valence-corrected chi connectivity index (χ0v) is 11.9. The number of hydrogen-bond acceptors (Lipinski definition) is 4. The zero-order chi connectivity index (χ0) is 14.0. The van der Waals surface area contributed by atoms with Crippen molar-refractivity contribution in [2.45, 2.75) is 32.5 Å². The monoisotopic (exact) mass is 265 g/mol. The van der Waals surface area contributed by atoms with Crippen molar-refractivity contribution in [3.63, 3.8) is 0 Å². The Morgan fingerprint density at radius 1 is 1.42 bits per heavy atom. The van der Waals surface area contributed by atoms with Crippen molar-refractivity contribution in [3.8, 4) is 0 Å². The first-order valence-corrected chi connectivity index (χ1v) is 6.76. The van der Waals surface area contributed by atoms with Crippen LogP contribution in [0.2, 0.25) is 0 Å². The quantitative estimate of drug-likeness (QED) is 0.836. The SMILES string of the molecule is CC1CN(C(=O)c2cn(CCN)cn2)CC(C)N1C. The number of imidazole rings is 1. The Kier molecular flexibility index (Phi) is 4.21. The predicted octanol–water partition coefficient (Wildman–Crippen LogP) is 0.00640. The van der Waals surface area contributed by atoms with Crippen LogP contribution in [0.15, 0.2) is 12.5 Å². The van der Waals surface area contributed by atoms with Crippen LogP contribution in [0.1, 0.15) is 24.3 Å². The Morgan fingerprint density at radius 2 is 2.05 bits per heavy atom. The summed E-state index contributed by atoms with van der Waals surface area (Å²) in [5.74, 6) is 0.0163. The molecule has 2 N–H and O–H groups in total. The minimum Gasteiger partial charge on any atom is -0.335 e. The van der Waals surface area contributed by atoms with Gasteiger partial charge in [0.05, 0.1) is 6.33 Å². The lowest BCUT2D eigenvalue weighted by atomic mass is 10.1. The number of carbonyl (C=O) groups excluding carboxylic acids is 1. The molecule has 6 nitrogen and oxygen atoms in total. The summed E-state index contributed by atoms with van der Waals surface area (Å²) < 4.78 is 1.86. The fourth-order valence-electron chi connectivity index (χ4n) is 2.47. The Bertz CT molecular complexity index is 432. The number of nitrogens with zero attached hydrogens (tertiary/aromatic N) is 4. The van der Waals surface area contributed by atoms with Crippen LogP contribution in [0.5, 0.6) is 0 Å². The zero-order valence-electron chi connectivity index (χ0n) is 11.9. The molecule has 2 heterocycles. The highest BCUT2D eigenvalue weighted by Crippen LogP contribution is 2.15. The first-order valence-electron chi connectivity index (χ1n) is 6.76. The molecule has 6 heteroatoms. The molecular formula is C13H23N5O. The van der Waals surface area contributed by atoms with Crippen LogP contribution in [0, 0.1) is 0 Å². The van der Waals surface area contributed by atoms with E-state index in [0.29, 0.717) is 30.9 Å². The third-order valence-corrected chi connectivity index (χ3v) is 3.89. The van der Waals surface area contributed by atoms with Crippen molar-refractivity contribution in [1.82, 2.24) is 19.4 Å². The van der Waals surface area contributed by atoms with E-state index in [2.05, 4.69) is 30.8 Å². The summed E-state index contributed by atoms with van der Waals surface area (Å²) in [6.07, 6.45) is 3.45. The fraction of sp³-hybridized carbons (Fsp3) is 0.692. The second-order valence-corrected chi connectivity index (χ2v) is 5.36. The number of likely N-dealkylation sites (N-methyl/N-ethyl adjacent to an activating group) is 1. The van der Waals surface area contributed by atoms with Gasteiger partial charge in [0, 0.05) is 44.5 Å². The lowest BCUT2D eigenvalue weighted by molar-refractivity contribution is 0.0410. The molecule has 0 saturated carbocycles. The Hall–Kier alpha value is -1.40. The van der Waals surface area contributed by atoms with Crippen molar-refractivity contribution in [2.24, 2.45) is 5.73 Å². The van der Waals surface area contributed by atoms with Crippen molar-refractivity contribution in [3.05, 3.63) is 18.2 Å². The third kappa shape index (κ3) is 2.96. The molecule has 1 saturated heterocycles. The lowest BCUT2D eigenvalue weighted by Crippen LogP contribution is -2.56. The highest BCUT2D eigenvalue weighted by atomic mass is 16.2. The first kappa shape index (κ1) is 14.0. The molecule has 0 bridgehead atoms. The summed E-state index contributed by atoms with van der Waals surface area (Å²) in [7, 11) is 2.10. The van der Waals surface area contributed by atoms with Gasteiger partial charge in [-0.3, -0.25) is 9.69 Å². The van der Waals surface area contributed by atoms with Crippen molar-refractivity contribution in [1.29, 1.82) is 0 Å². The summed E-state index contributed by atoms with van der Waals surface area (Å²) in [6.45, 7) is 7.03. The average molecular weight is 265 g/mol. The van der Waals surface area contributed by atoms with E-state index in [1.807, 2.05) is 9.47 Å². The van der Waals surface area contributed by atoms with E-state index in [9.17, 15) is 4.79 Å². The maximum Gasteiger partial charge on any atom is 0.274 e. The van der Waals surface area contributed by atoms with Gasteiger partial charge in [-0.1, -0.05) is 0 Å². The first-order chi connectivity index (χ1) is 9.02. The number of carbonyl (C=O) groups is 1. The standard InChI is InChI=1S/C13H23N5O/c1-10-6-18(7-11(2)16(10)3)13(19)12-8-17(5-4-14)9-15-12/h8-11H,4-7,14H2,1-3H3. The van der Waals surface area contributed by atoms with E-state index >= 15 is 0 Å². The molecule has 1 aromatic heterocycles. The molecule has 1 amide bonds. The molecule has 106 valence electrons. The Balaban J connectivity index is 2.06. The minimum absolute atomic E-state index is 0.0163. The molecule has 0 aliphatic carbocycles. The number of nitrogens with two attached hydrogens (primary N) is 1. The summed E-state index contributed by atoms with van der Waals surface area (Å²) >= 11 is 0. The van der Waals surface area contributed by atoms with Gasteiger partial charge in [0.15, 0.2) is 0 Å². The molecule has 1 aliphatic heterocycles. The maximum atomic E-state index is 12.4. The number of rotatable bonds is 3. The van der Waals surface area contributed by atoms with Crippen molar-refractivity contribution < 1.29 is 4.79 Å². The molecule has 2 atom stereocenters. The number of hydrogen-bond donors (Lipinski definition) is 1. The van der Waals surface area contributed by atoms with E-state index in [0.717, 1.165) is 13.1 Å². The highest BCUT2D eigenvalue weighted by molar-refractivity contribution is 5.92. The Morgan fingerprint density at radius 3 is 2.63 bits per heavy atom. The van der Waals surface area contributed by atoms with Gasteiger partial charge in [0.25, 0.3) is 5.91 Å². The van der Waals surface area contributed by atoms with Gasteiger partial charge in [-0.05, 0) is 20.9 Å². The van der Waals surface area contributed by atoms with Crippen LogP contribution >= 0.6 is 0 Å². The molecule has 2 rings (SSSR count). The summed E-state index contributed by atoms with van der Waals surface area (Å²) in [6, 6.07) is 0.748. The van der Waals surface area contributed by atoms with Gasteiger partial charge in [0.2, 0.25) is 0 Å². The predicted molar refractivity (Wildman–Crippen MR) is 73.9 cm³/mol. The molecule has 2 unspecified atom stereocenters. The van der Waals surface area contributed by atoms with Gasteiger partial charge in [-0.2, -0.15) is 0 Å². The summed E-state index contributed by atoms with van der Waals surface area (Å²) in [5, 5.41) is 0. The van der Waals surface area contributed by atoms with Gasteiger partial charge in [0.1, 0.15) is 5.69 Å². The smallest absolute Gasteiger partial charge is 0.274 e. The van der Waals surface area contributed by atoms with Gasteiger partial charge >= 0.3 is 0 Å². The minimum atomic E-state index is 0.0163. The van der Waals surface area contributed by atoms with Crippen LogP contribution in [-0.2, 0) is 6.54 Å². The summed E-state index contributed by atoms with van der Waals surface area (Å²) in [4.78, 5) is 20.8. The fourth-order valence-corrected chi connectivity index (χ4v) is 2.47. The van der Waals surface area contributed by atoms with Gasteiger partial charge in [-0.15, -0.1) is 0 Å². The van der Waals surface area contributed by atoms with Gasteiger partial charge < -0.3 is 15.2 Å². The normalized spacial score (nSPS) is 24.7. The lowest BCUT2D eigenvalue weighted by Gasteiger charge is -2.42. The molecular weight excluding hydrogens is 242 g/mol. The molecule has 1 fully saturated rings. The maximum absolute atomic E-state index is 12.4. The number of piperazine rings is 1. The van der Waals surface area contributed by atoms with E-state index in [1.54, 1.807) is 12.5 Å². The number of aromatic nitrogens is 2. The molecule has 1 aromatic rings. The molecule has 0 spiro atoms. The van der Waals surface area contributed by atoms with Crippen LogP contribution in [-0.4, -0.2) is 64.0 Å². The van der Waals surface area contributed by atoms with E-state index in [4.69, 9.17) is 5.73 Å².